The fourth-order valence-corrected chi connectivity index (χ4v) is 3.58. The standard InChI is InChI=1S/C26H34N2.C8H9N/c1-8-11-21(6)18-25(17-20(4)5)24-15-13-22(14-16-24)19-28-26(27-7)23(10-3)12-9-2;1-9-7-8-5-3-2-4-6-8/h9-18,26,28H,2-3,7-8,19H2,1,4-6H3;2-6H,1,7H2/b21-11+,23-12+,25-18+;. The fourth-order valence-electron chi connectivity index (χ4n) is 3.58. The molecule has 0 fully saturated rings. The van der Waals surface area contributed by atoms with Crippen LogP contribution in [-0.4, -0.2) is 19.6 Å². The first kappa shape index (κ1) is 31.2. The van der Waals surface area contributed by atoms with Crippen LogP contribution in [0.5, 0.6) is 0 Å². The van der Waals surface area contributed by atoms with Crippen LogP contribution in [-0.2, 0) is 13.1 Å². The first-order chi connectivity index (χ1) is 17.9. The minimum absolute atomic E-state index is 0.196. The van der Waals surface area contributed by atoms with Crippen molar-refractivity contribution < 1.29 is 0 Å². The molecule has 0 saturated carbocycles. The summed E-state index contributed by atoms with van der Waals surface area (Å²) < 4.78 is 0. The second kappa shape index (κ2) is 18.4. The first-order valence-corrected chi connectivity index (χ1v) is 12.6. The molecule has 0 radical (unpaired) electrons. The van der Waals surface area contributed by atoms with E-state index < -0.39 is 0 Å². The Hall–Kier alpha value is -3.82. The van der Waals surface area contributed by atoms with Crippen LogP contribution in [0.4, 0.5) is 0 Å². The van der Waals surface area contributed by atoms with E-state index in [2.05, 4.69) is 112 Å². The molecule has 194 valence electrons. The maximum absolute atomic E-state index is 4.15. The third-order valence-electron chi connectivity index (χ3n) is 5.32. The number of hydrogen-bond donors (Lipinski definition) is 1. The van der Waals surface area contributed by atoms with Gasteiger partial charge in [-0.25, -0.2) is 0 Å². The monoisotopic (exact) mass is 493 g/mol. The summed E-state index contributed by atoms with van der Waals surface area (Å²) >= 11 is 0. The van der Waals surface area contributed by atoms with Gasteiger partial charge in [0, 0.05) is 6.54 Å². The smallest absolute Gasteiger partial charge is 0.125 e. The van der Waals surface area contributed by atoms with Crippen LogP contribution < -0.4 is 5.32 Å². The molecule has 0 spiro atoms. The van der Waals surface area contributed by atoms with E-state index in [-0.39, 0.29) is 6.17 Å². The second-order valence-electron chi connectivity index (χ2n) is 8.81. The van der Waals surface area contributed by atoms with Crippen molar-refractivity contribution in [2.75, 3.05) is 0 Å². The molecule has 0 aliphatic rings. The van der Waals surface area contributed by atoms with E-state index in [0.29, 0.717) is 6.54 Å². The van der Waals surface area contributed by atoms with Gasteiger partial charge < -0.3 is 0 Å². The van der Waals surface area contributed by atoms with E-state index in [9.17, 15) is 0 Å². The molecule has 0 aliphatic carbocycles. The molecule has 37 heavy (non-hydrogen) atoms. The predicted molar refractivity (Wildman–Crippen MR) is 166 cm³/mol. The van der Waals surface area contributed by atoms with Gasteiger partial charge in [-0.1, -0.05) is 122 Å². The minimum atomic E-state index is -0.196. The molecule has 2 aromatic carbocycles. The highest BCUT2D eigenvalue weighted by molar-refractivity contribution is 5.76. The van der Waals surface area contributed by atoms with E-state index in [1.807, 2.05) is 36.4 Å². The van der Waals surface area contributed by atoms with Gasteiger partial charge in [-0.05, 0) is 68.5 Å². The van der Waals surface area contributed by atoms with E-state index >= 15 is 0 Å². The summed E-state index contributed by atoms with van der Waals surface area (Å²) in [5.74, 6) is 0. The number of benzene rings is 2. The summed E-state index contributed by atoms with van der Waals surface area (Å²) in [7, 11) is 0. The quantitative estimate of drug-likeness (QED) is 0.220. The summed E-state index contributed by atoms with van der Waals surface area (Å²) in [6.45, 7) is 24.6. The van der Waals surface area contributed by atoms with E-state index in [4.69, 9.17) is 0 Å². The van der Waals surface area contributed by atoms with Gasteiger partial charge in [-0.15, -0.1) is 0 Å². The van der Waals surface area contributed by atoms with E-state index in [1.54, 1.807) is 12.2 Å². The third kappa shape index (κ3) is 12.6. The zero-order valence-electron chi connectivity index (χ0n) is 23.1. The molecule has 0 aromatic heterocycles. The molecule has 1 N–H and O–H groups in total. The number of hydrogen-bond acceptors (Lipinski definition) is 3. The number of nitrogens with zero attached hydrogens (tertiary/aromatic N) is 2. The van der Waals surface area contributed by atoms with E-state index in [1.165, 1.54) is 33.4 Å². The van der Waals surface area contributed by atoms with Crippen LogP contribution in [0.25, 0.3) is 5.57 Å². The van der Waals surface area contributed by atoms with Crippen LogP contribution in [0.15, 0.2) is 131 Å². The van der Waals surface area contributed by atoms with Gasteiger partial charge in [0.25, 0.3) is 0 Å². The number of nitrogens with one attached hydrogen (secondary N) is 1. The SMILES string of the molecule is C=C/C=C(\C=C)C(N=C)NCc1ccc(/C(C=C(C)C)=C/C(C)=C/CC)cc1.C=NCc1ccccc1. The van der Waals surface area contributed by atoms with Gasteiger partial charge in [0.05, 0.1) is 6.54 Å². The van der Waals surface area contributed by atoms with Crippen molar-refractivity contribution in [2.45, 2.75) is 53.4 Å². The summed E-state index contributed by atoms with van der Waals surface area (Å²) in [5.41, 5.74) is 8.37. The Morgan fingerprint density at radius 1 is 0.919 bits per heavy atom. The molecular formula is C34H43N3. The molecule has 0 heterocycles. The highest BCUT2D eigenvalue weighted by Gasteiger charge is 2.08. The average Bonchev–Trinajstić information content (AvgIpc) is 2.89. The lowest BCUT2D eigenvalue weighted by molar-refractivity contribution is 0.601. The third-order valence-corrected chi connectivity index (χ3v) is 5.32. The lowest BCUT2D eigenvalue weighted by Gasteiger charge is -2.15. The average molecular weight is 494 g/mol. The molecule has 0 amide bonds. The maximum atomic E-state index is 4.15. The largest absolute Gasteiger partial charge is 0.296 e. The highest BCUT2D eigenvalue weighted by Crippen LogP contribution is 2.21. The lowest BCUT2D eigenvalue weighted by atomic mass is 9.99. The Kier molecular flexibility index (Phi) is 15.6. The number of rotatable bonds is 13. The van der Waals surface area contributed by atoms with Crippen LogP contribution in [0.2, 0.25) is 0 Å². The topological polar surface area (TPSA) is 36.8 Å². The van der Waals surface area contributed by atoms with Gasteiger partial charge >= 0.3 is 0 Å². The maximum Gasteiger partial charge on any atom is 0.125 e. The predicted octanol–water partition coefficient (Wildman–Crippen LogP) is 8.69. The molecule has 1 atom stereocenters. The molecule has 2 rings (SSSR count). The van der Waals surface area contributed by atoms with Crippen LogP contribution in [0, 0.1) is 0 Å². The second-order valence-corrected chi connectivity index (χ2v) is 8.81. The van der Waals surface area contributed by atoms with E-state index in [0.717, 1.165) is 18.5 Å². The van der Waals surface area contributed by atoms with Crippen molar-refractivity contribution in [1.29, 1.82) is 0 Å². The number of allylic oxidation sites excluding steroid dienone is 8. The van der Waals surface area contributed by atoms with Gasteiger partial charge in [0.15, 0.2) is 0 Å². The van der Waals surface area contributed by atoms with Crippen molar-refractivity contribution >= 4 is 19.0 Å². The van der Waals surface area contributed by atoms with Crippen molar-refractivity contribution in [1.82, 2.24) is 5.32 Å². The molecular weight excluding hydrogens is 450 g/mol. The van der Waals surface area contributed by atoms with Crippen LogP contribution in [0.3, 0.4) is 0 Å². The Morgan fingerprint density at radius 2 is 1.59 bits per heavy atom. The van der Waals surface area contributed by atoms with Gasteiger partial charge in [0.2, 0.25) is 0 Å². The van der Waals surface area contributed by atoms with Gasteiger partial charge in [-0.2, -0.15) is 0 Å². The van der Waals surface area contributed by atoms with Crippen LogP contribution in [0.1, 0.15) is 50.8 Å². The molecule has 1 unspecified atom stereocenters. The molecule has 3 heteroatoms. The number of aliphatic imine (C=N–C) groups is 2. The van der Waals surface area contributed by atoms with Crippen molar-refractivity contribution in [3.05, 3.63) is 138 Å². The normalized spacial score (nSPS) is 12.5. The summed E-state index contributed by atoms with van der Waals surface area (Å²) in [5, 5.41) is 3.40. The fraction of sp³-hybridized carbons (Fsp3) is 0.235. The Morgan fingerprint density at radius 3 is 2.11 bits per heavy atom. The molecule has 0 bridgehead atoms. The van der Waals surface area contributed by atoms with Gasteiger partial charge in [0.1, 0.15) is 6.17 Å². The highest BCUT2D eigenvalue weighted by atomic mass is 15.1. The Balaban J connectivity index is 0.000000635. The van der Waals surface area contributed by atoms with Crippen molar-refractivity contribution in [3.8, 4) is 0 Å². The summed E-state index contributed by atoms with van der Waals surface area (Å²) in [6, 6.07) is 18.7. The Bertz CT molecular complexity index is 1110. The molecule has 0 aliphatic heterocycles. The molecule has 2 aromatic rings. The van der Waals surface area contributed by atoms with Crippen molar-refractivity contribution in [2.24, 2.45) is 9.98 Å². The zero-order chi connectivity index (χ0) is 27.5. The van der Waals surface area contributed by atoms with Gasteiger partial charge in [-0.3, -0.25) is 15.3 Å². The summed E-state index contributed by atoms with van der Waals surface area (Å²) in [6.07, 6.45) is 13.0. The molecule has 3 nitrogen and oxygen atoms in total. The molecule has 0 saturated heterocycles. The lowest BCUT2D eigenvalue weighted by Crippen LogP contribution is -2.27. The first-order valence-electron chi connectivity index (χ1n) is 12.6. The minimum Gasteiger partial charge on any atom is -0.296 e. The van der Waals surface area contributed by atoms with Crippen LogP contribution >= 0.6 is 0 Å². The zero-order valence-corrected chi connectivity index (χ0v) is 23.1. The Labute approximate surface area is 225 Å². The van der Waals surface area contributed by atoms with Crippen molar-refractivity contribution in [3.63, 3.8) is 0 Å². The summed E-state index contributed by atoms with van der Waals surface area (Å²) in [4.78, 5) is 7.91.